The Morgan fingerprint density at radius 3 is 2.69 bits per heavy atom. The van der Waals surface area contributed by atoms with Crippen molar-refractivity contribution < 1.29 is 5.11 Å². The van der Waals surface area contributed by atoms with Crippen LogP contribution in [0.15, 0.2) is 24.3 Å². The Morgan fingerprint density at radius 1 is 1.31 bits per heavy atom. The van der Waals surface area contributed by atoms with Crippen LogP contribution < -0.4 is 5.32 Å². The molecule has 0 bridgehead atoms. The standard InChI is InChI=1S/C14H21NO/c1-13(2,3)15-10-14(16)9-8-11-6-4-5-7-12(11)14/h4-7,15-16H,8-10H2,1-3H3. The van der Waals surface area contributed by atoms with E-state index in [2.05, 4.69) is 32.2 Å². The van der Waals surface area contributed by atoms with Crippen LogP contribution in [0.1, 0.15) is 38.3 Å². The molecule has 0 fully saturated rings. The quantitative estimate of drug-likeness (QED) is 0.799. The first kappa shape index (κ1) is 11.6. The molecule has 16 heavy (non-hydrogen) atoms. The van der Waals surface area contributed by atoms with Gasteiger partial charge in [-0.25, -0.2) is 0 Å². The minimum absolute atomic E-state index is 0.0489. The topological polar surface area (TPSA) is 32.3 Å². The predicted molar refractivity (Wildman–Crippen MR) is 66.4 cm³/mol. The summed E-state index contributed by atoms with van der Waals surface area (Å²) < 4.78 is 0. The lowest BCUT2D eigenvalue weighted by Crippen LogP contribution is -2.45. The molecule has 2 N–H and O–H groups in total. The molecule has 1 aliphatic carbocycles. The van der Waals surface area contributed by atoms with E-state index in [0.29, 0.717) is 6.54 Å². The average molecular weight is 219 g/mol. The summed E-state index contributed by atoms with van der Waals surface area (Å²) in [5.74, 6) is 0. The molecule has 0 radical (unpaired) electrons. The van der Waals surface area contributed by atoms with Gasteiger partial charge in [0.25, 0.3) is 0 Å². The van der Waals surface area contributed by atoms with Crippen LogP contribution in [0.4, 0.5) is 0 Å². The van der Waals surface area contributed by atoms with E-state index in [-0.39, 0.29) is 5.54 Å². The first-order valence-electron chi connectivity index (χ1n) is 5.97. The van der Waals surface area contributed by atoms with Crippen LogP contribution in [0.3, 0.4) is 0 Å². The molecular weight excluding hydrogens is 198 g/mol. The average Bonchev–Trinajstić information content (AvgIpc) is 2.55. The van der Waals surface area contributed by atoms with E-state index in [1.807, 2.05) is 18.2 Å². The Labute approximate surface area is 97.7 Å². The van der Waals surface area contributed by atoms with E-state index in [1.165, 1.54) is 5.56 Å². The minimum Gasteiger partial charge on any atom is -0.384 e. The zero-order valence-corrected chi connectivity index (χ0v) is 10.4. The third-order valence-electron chi connectivity index (χ3n) is 3.24. The lowest BCUT2D eigenvalue weighted by Gasteiger charge is -2.30. The van der Waals surface area contributed by atoms with Crippen LogP contribution in [-0.2, 0) is 12.0 Å². The SMILES string of the molecule is CC(C)(C)NCC1(O)CCc2ccccc21. The van der Waals surface area contributed by atoms with E-state index < -0.39 is 5.60 Å². The number of nitrogens with one attached hydrogen (secondary N) is 1. The van der Waals surface area contributed by atoms with Crippen LogP contribution in [0, 0.1) is 0 Å². The number of aryl methyl sites for hydroxylation is 1. The van der Waals surface area contributed by atoms with Gasteiger partial charge in [-0.15, -0.1) is 0 Å². The van der Waals surface area contributed by atoms with Gasteiger partial charge in [0, 0.05) is 12.1 Å². The smallest absolute Gasteiger partial charge is 0.103 e. The number of hydrogen-bond donors (Lipinski definition) is 2. The lowest BCUT2D eigenvalue weighted by molar-refractivity contribution is 0.0326. The maximum absolute atomic E-state index is 10.6. The number of β-amino-alcohol motifs (C(OH)–C–C–N with tert-alkyl or cyclic N) is 1. The Bertz CT molecular complexity index is 381. The summed E-state index contributed by atoms with van der Waals surface area (Å²) in [5.41, 5.74) is 1.77. The number of benzene rings is 1. The molecule has 0 aliphatic heterocycles. The zero-order chi connectivity index (χ0) is 11.8. The lowest BCUT2D eigenvalue weighted by atomic mass is 9.94. The van der Waals surface area contributed by atoms with E-state index in [0.717, 1.165) is 18.4 Å². The third kappa shape index (κ3) is 2.28. The molecule has 0 spiro atoms. The predicted octanol–water partition coefficient (Wildman–Crippen LogP) is 2.21. The molecule has 1 aromatic rings. The van der Waals surface area contributed by atoms with E-state index >= 15 is 0 Å². The van der Waals surface area contributed by atoms with Crippen molar-refractivity contribution in [3.63, 3.8) is 0 Å². The van der Waals surface area contributed by atoms with Crippen LogP contribution in [-0.4, -0.2) is 17.2 Å². The summed E-state index contributed by atoms with van der Waals surface area (Å²) in [7, 11) is 0. The molecule has 0 saturated heterocycles. The van der Waals surface area contributed by atoms with Gasteiger partial charge in [0.1, 0.15) is 5.60 Å². The minimum atomic E-state index is -0.677. The highest BCUT2D eigenvalue weighted by Gasteiger charge is 2.36. The van der Waals surface area contributed by atoms with Crippen molar-refractivity contribution in [1.82, 2.24) is 5.32 Å². The highest BCUT2D eigenvalue weighted by molar-refractivity contribution is 5.37. The molecule has 0 amide bonds. The molecule has 1 atom stereocenters. The molecule has 2 heteroatoms. The molecule has 2 nitrogen and oxygen atoms in total. The highest BCUT2D eigenvalue weighted by atomic mass is 16.3. The molecular formula is C14H21NO. The van der Waals surface area contributed by atoms with E-state index in [9.17, 15) is 5.11 Å². The van der Waals surface area contributed by atoms with Crippen LogP contribution in [0.2, 0.25) is 0 Å². The van der Waals surface area contributed by atoms with Gasteiger partial charge in [-0.3, -0.25) is 0 Å². The van der Waals surface area contributed by atoms with Gasteiger partial charge in [0.05, 0.1) is 0 Å². The van der Waals surface area contributed by atoms with Gasteiger partial charge < -0.3 is 10.4 Å². The molecule has 2 rings (SSSR count). The Morgan fingerprint density at radius 2 is 2.00 bits per heavy atom. The third-order valence-corrected chi connectivity index (χ3v) is 3.24. The normalized spacial score (nSPS) is 24.5. The van der Waals surface area contributed by atoms with Crippen molar-refractivity contribution in [2.75, 3.05) is 6.54 Å². The number of fused-ring (bicyclic) bond motifs is 1. The summed E-state index contributed by atoms with van der Waals surface area (Å²) in [6.45, 7) is 7.00. The maximum atomic E-state index is 10.6. The fraction of sp³-hybridized carbons (Fsp3) is 0.571. The largest absolute Gasteiger partial charge is 0.384 e. The van der Waals surface area contributed by atoms with Gasteiger partial charge >= 0.3 is 0 Å². The number of aliphatic hydroxyl groups is 1. The van der Waals surface area contributed by atoms with Crippen molar-refractivity contribution in [1.29, 1.82) is 0 Å². The molecule has 1 aliphatic rings. The molecule has 1 unspecified atom stereocenters. The molecule has 0 aromatic heterocycles. The van der Waals surface area contributed by atoms with Gasteiger partial charge in [-0.05, 0) is 44.7 Å². The second-order valence-corrected chi connectivity index (χ2v) is 5.79. The van der Waals surface area contributed by atoms with E-state index in [1.54, 1.807) is 0 Å². The Kier molecular flexibility index (Phi) is 2.81. The van der Waals surface area contributed by atoms with Crippen LogP contribution >= 0.6 is 0 Å². The van der Waals surface area contributed by atoms with E-state index in [4.69, 9.17) is 0 Å². The second-order valence-electron chi connectivity index (χ2n) is 5.79. The Balaban J connectivity index is 2.16. The zero-order valence-electron chi connectivity index (χ0n) is 10.4. The first-order valence-corrected chi connectivity index (χ1v) is 5.97. The van der Waals surface area contributed by atoms with Crippen molar-refractivity contribution in [3.8, 4) is 0 Å². The molecule has 0 saturated carbocycles. The number of rotatable bonds is 2. The van der Waals surface area contributed by atoms with Gasteiger partial charge in [-0.2, -0.15) is 0 Å². The molecule has 88 valence electrons. The fourth-order valence-electron chi connectivity index (χ4n) is 2.26. The first-order chi connectivity index (χ1) is 7.41. The fourth-order valence-corrected chi connectivity index (χ4v) is 2.26. The summed E-state index contributed by atoms with van der Waals surface area (Å²) in [5, 5.41) is 14.0. The highest BCUT2D eigenvalue weighted by Crippen LogP contribution is 2.36. The van der Waals surface area contributed by atoms with Gasteiger partial charge in [0.2, 0.25) is 0 Å². The van der Waals surface area contributed by atoms with Crippen molar-refractivity contribution in [2.45, 2.75) is 44.8 Å². The van der Waals surface area contributed by atoms with Crippen LogP contribution in [0.5, 0.6) is 0 Å². The Hall–Kier alpha value is -0.860. The van der Waals surface area contributed by atoms with Gasteiger partial charge in [0.15, 0.2) is 0 Å². The summed E-state index contributed by atoms with van der Waals surface area (Å²) in [6.07, 6.45) is 1.81. The molecule has 1 aromatic carbocycles. The number of hydrogen-bond acceptors (Lipinski definition) is 2. The van der Waals surface area contributed by atoms with Gasteiger partial charge in [-0.1, -0.05) is 24.3 Å². The van der Waals surface area contributed by atoms with Crippen molar-refractivity contribution in [3.05, 3.63) is 35.4 Å². The monoisotopic (exact) mass is 219 g/mol. The van der Waals surface area contributed by atoms with Crippen molar-refractivity contribution >= 4 is 0 Å². The molecule has 0 heterocycles. The summed E-state index contributed by atoms with van der Waals surface area (Å²) in [4.78, 5) is 0. The van der Waals surface area contributed by atoms with Crippen LogP contribution in [0.25, 0.3) is 0 Å². The maximum Gasteiger partial charge on any atom is 0.103 e. The summed E-state index contributed by atoms with van der Waals surface area (Å²) in [6, 6.07) is 8.21. The van der Waals surface area contributed by atoms with Crippen molar-refractivity contribution in [2.24, 2.45) is 0 Å². The summed E-state index contributed by atoms with van der Waals surface area (Å²) >= 11 is 0. The second kappa shape index (κ2) is 3.86.